The summed E-state index contributed by atoms with van der Waals surface area (Å²) in [5, 5.41) is 12.9. The number of hydrogen-bond acceptors (Lipinski definition) is 2. The summed E-state index contributed by atoms with van der Waals surface area (Å²) in [4.78, 5) is 25.7. The standard InChI is InChI=1S/C15H16BrClN2O3/c16-12-10(17)4-1-5-11(12)18-14(22)19-7-9-3-2-6-15(9,8-19)13(20)21/h1,4-5,9H,2-3,6-8H2,(H,18,22)(H,20,21)/t9-,15+/m0/s1. The van der Waals surface area contributed by atoms with Crippen LogP contribution in [0.15, 0.2) is 22.7 Å². The first-order chi connectivity index (χ1) is 10.4. The van der Waals surface area contributed by atoms with Crippen molar-refractivity contribution in [1.82, 2.24) is 4.90 Å². The quantitative estimate of drug-likeness (QED) is 0.810. The van der Waals surface area contributed by atoms with Gasteiger partial charge >= 0.3 is 12.0 Å². The molecule has 7 heteroatoms. The molecule has 2 aliphatic rings. The number of hydrogen-bond donors (Lipinski definition) is 2. The Kier molecular flexibility index (Phi) is 4.07. The number of carbonyl (C=O) groups excluding carboxylic acids is 1. The number of carbonyl (C=O) groups is 2. The van der Waals surface area contributed by atoms with E-state index in [2.05, 4.69) is 21.2 Å². The number of urea groups is 1. The lowest BCUT2D eigenvalue weighted by Gasteiger charge is -2.23. The second-order valence-electron chi connectivity index (χ2n) is 5.96. The zero-order valence-corrected chi connectivity index (χ0v) is 14.2. The van der Waals surface area contributed by atoms with Gasteiger partial charge < -0.3 is 15.3 Å². The van der Waals surface area contributed by atoms with Gasteiger partial charge in [0.15, 0.2) is 0 Å². The average molecular weight is 388 g/mol. The van der Waals surface area contributed by atoms with E-state index in [9.17, 15) is 14.7 Å². The molecule has 1 saturated carbocycles. The van der Waals surface area contributed by atoms with Crippen molar-refractivity contribution in [3.8, 4) is 0 Å². The van der Waals surface area contributed by atoms with Crippen LogP contribution in [-0.4, -0.2) is 35.1 Å². The number of fused-ring (bicyclic) bond motifs is 1. The van der Waals surface area contributed by atoms with Crippen molar-refractivity contribution in [3.63, 3.8) is 0 Å². The second-order valence-corrected chi connectivity index (χ2v) is 7.16. The van der Waals surface area contributed by atoms with E-state index < -0.39 is 11.4 Å². The van der Waals surface area contributed by atoms with Crippen molar-refractivity contribution in [3.05, 3.63) is 27.7 Å². The van der Waals surface area contributed by atoms with E-state index in [4.69, 9.17) is 11.6 Å². The molecule has 1 aromatic rings. The van der Waals surface area contributed by atoms with Gasteiger partial charge in [0.25, 0.3) is 0 Å². The van der Waals surface area contributed by atoms with E-state index in [0.717, 1.165) is 12.8 Å². The molecule has 0 spiro atoms. The molecule has 2 amide bonds. The maximum Gasteiger partial charge on any atom is 0.321 e. The fraction of sp³-hybridized carbons (Fsp3) is 0.467. The van der Waals surface area contributed by atoms with Crippen LogP contribution in [0, 0.1) is 11.3 Å². The topological polar surface area (TPSA) is 69.6 Å². The number of aliphatic carboxylic acids is 1. The Morgan fingerprint density at radius 3 is 2.91 bits per heavy atom. The molecule has 3 rings (SSSR count). The van der Waals surface area contributed by atoms with Crippen molar-refractivity contribution in [2.45, 2.75) is 19.3 Å². The molecule has 5 nitrogen and oxygen atoms in total. The van der Waals surface area contributed by atoms with Gasteiger partial charge in [-0.25, -0.2) is 4.79 Å². The fourth-order valence-corrected chi connectivity index (χ4v) is 4.13. The Hall–Kier alpha value is -1.27. The van der Waals surface area contributed by atoms with Crippen LogP contribution in [0.1, 0.15) is 19.3 Å². The summed E-state index contributed by atoms with van der Waals surface area (Å²) in [6.07, 6.45) is 2.45. The van der Waals surface area contributed by atoms with Gasteiger partial charge in [0.1, 0.15) is 0 Å². The van der Waals surface area contributed by atoms with Crippen LogP contribution in [0.2, 0.25) is 5.02 Å². The van der Waals surface area contributed by atoms with Crippen LogP contribution >= 0.6 is 27.5 Å². The van der Waals surface area contributed by atoms with Gasteiger partial charge in [0, 0.05) is 13.1 Å². The van der Waals surface area contributed by atoms with Crippen molar-refractivity contribution in [1.29, 1.82) is 0 Å². The molecular weight excluding hydrogens is 372 g/mol. The van der Waals surface area contributed by atoms with Gasteiger partial charge in [0.05, 0.1) is 20.6 Å². The summed E-state index contributed by atoms with van der Waals surface area (Å²) in [6.45, 7) is 0.771. The number of carboxylic acids is 1. The monoisotopic (exact) mass is 386 g/mol. The summed E-state index contributed by atoms with van der Waals surface area (Å²) in [5.41, 5.74) is -0.179. The molecule has 0 bridgehead atoms. The van der Waals surface area contributed by atoms with E-state index in [-0.39, 0.29) is 18.5 Å². The number of benzene rings is 1. The molecule has 22 heavy (non-hydrogen) atoms. The maximum absolute atomic E-state index is 12.4. The lowest BCUT2D eigenvalue weighted by Crippen LogP contribution is -2.38. The highest BCUT2D eigenvalue weighted by Gasteiger charge is 2.55. The van der Waals surface area contributed by atoms with E-state index in [1.54, 1.807) is 23.1 Å². The Morgan fingerprint density at radius 2 is 2.23 bits per heavy atom. The largest absolute Gasteiger partial charge is 0.481 e. The molecule has 2 N–H and O–H groups in total. The van der Waals surface area contributed by atoms with Gasteiger partial charge in [-0.15, -0.1) is 0 Å². The molecule has 1 aliphatic heterocycles. The third kappa shape index (κ3) is 2.48. The Balaban J connectivity index is 1.75. The maximum atomic E-state index is 12.4. The molecule has 2 atom stereocenters. The molecule has 118 valence electrons. The second kappa shape index (κ2) is 5.74. The van der Waals surface area contributed by atoms with Crippen LogP contribution in [0.5, 0.6) is 0 Å². The van der Waals surface area contributed by atoms with Crippen LogP contribution < -0.4 is 5.32 Å². The summed E-state index contributed by atoms with van der Waals surface area (Å²) in [7, 11) is 0. The number of nitrogens with one attached hydrogen (secondary N) is 1. The van der Waals surface area contributed by atoms with Crippen molar-refractivity contribution >= 4 is 45.2 Å². The van der Waals surface area contributed by atoms with Crippen molar-refractivity contribution < 1.29 is 14.7 Å². The van der Waals surface area contributed by atoms with Gasteiger partial charge in [-0.3, -0.25) is 4.79 Å². The molecule has 1 aromatic carbocycles. The van der Waals surface area contributed by atoms with E-state index in [1.807, 2.05) is 0 Å². The lowest BCUT2D eigenvalue weighted by molar-refractivity contribution is -0.149. The van der Waals surface area contributed by atoms with Gasteiger partial charge in [0.2, 0.25) is 0 Å². The van der Waals surface area contributed by atoms with Gasteiger partial charge in [-0.05, 0) is 46.8 Å². The number of likely N-dealkylation sites (tertiary alicyclic amines) is 1. The molecule has 0 radical (unpaired) electrons. The first-order valence-corrected chi connectivity index (χ1v) is 8.34. The number of halogens is 2. The summed E-state index contributed by atoms with van der Waals surface area (Å²) in [5.74, 6) is -0.729. The highest BCUT2D eigenvalue weighted by Crippen LogP contribution is 2.49. The SMILES string of the molecule is O=C(Nc1cccc(Cl)c1Br)N1C[C@@H]2CCC[C@@]2(C(=O)O)C1. The Morgan fingerprint density at radius 1 is 1.45 bits per heavy atom. The highest BCUT2D eigenvalue weighted by atomic mass is 79.9. The summed E-state index contributed by atoms with van der Waals surface area (Å²) in [6, 6.07) is 4.94. The highest BCUT2D eigenvalue weighted by molar-refractivity contribution is 9.10. The van der Waals surface area contributed by atoms with Gasteiger partial charge in [-0.1, -0.05) is 24.1 Å². The normalized spacial score (nSPS) is 26.8. The minimum absolute atomic E-state index is 0.0542. The van der Waals surface area contributed by atoms with E-state index in [0.29, 0.717) is 28.1 Å². The third-order valence-electron chi connectivity index (χ3n) is 4.78. The number of rotatable bonds is 2. The van der Waals surface area contributed by atoms with E-state index in [1.165, 1.54) is 0 Å². The third-order valence-corrected chi connectivity index (χ3v) is 6.17. The van der Waals surface area contributed by atoms with Crippen LogP contribution in [0.25, 0.3) is 0 Å². The van der Waals surface area contributed by atoms with Crippen LogP contribution in [-0.2, 0) is 4.79 Å². The minimum atomic E-state index is -0.783. The smallest absolute Gasteiger partial charge is 0.321 e. The summed E-state index contributed by atoms with van der Waals surface area (Å²) < 4.78 is 0.623. The predicted molar refractivity (Wildman–Crippen MR) is 87.2 cm³/mol. The van der Waals surface area contributed by atoms with Crippen LogP contribution in [0.4, 0.5) is 10.5 Å². The molecular formula is C15H16BrClN2O3. The van der Waals surface area contributed by atoms with Crippen molar-refractivity contribution in [2.75, 3.05) is 18.4 Å². The molecule has 1 aliphatic carbocycles. The Labute approximate surface area is 141 Å². The Bertz CT molecular complexity index is 639. The number of amides is 2. The fourth-order valence-electron chi connectivity index (χ4n) is 3.59. The molecule has 1 heterocycles. The van der Waals surface area contributed by atoms with Crippen LogP contribution in [0.3, 0.4) is 0 Å². The number of carboxylic acid groups (broad SMARTS) is 1. The summed E-state index contributed by atoms with van der Waals surface area (Å²) >= 11 is 9.35. The molecule has 0 unspecified atom stereocenters. The molecule has 1 saturated heterocycles. The lowest BCUT2D eigenvalue weighted by atomic mass is 9.81. The predicted octanol–water partition coefficient (Wildman–Crippen LogP) is 3.82. The zero-order valence-electron chi connectivity index (χ0n) is 11.8. The molecule has 2 fully saturated rings. The molecule has 0 aromatic heterocycles. The van der Waals surface area contributed by atoms with Crippen molar-refractivity contribution in [2.24, 2.45) is 11.3 Å². The average Bonchev–Trinajstić information content (AvgIpc) is 3.01. The van der Waals surface area contributed by atoms with Gasteiger partial charge in [-0.2, -0.15) is 0 Å². The number of nitrogens with zero attached hydrogens (tertiary/aromatic N) is 1. The number of anilines is 1. The zero-order chi connectivity index (χ0) is 15.9. The van der Waals surface area contributed by atoms with E-state index >= 15 is 0 Å². The first-order valence-electron chi connectivity index (χ1n) is 7.17. The minimum Gasteiger partial charge on any atom is -0.481 e. The first kappa shape index (κ1) is 15.6.